The van der Waals surface area contributed by atoms with Gasteiger partial charge < -0.3 is 20.0 Å². The number of carbonyl (C=O) groups excluding carboxylic acids is 2. The molecule has 1 aliphatic rings. The molecular weight excluding hydrogens is 304 g/mol. The first-order valence-electron chi connectivity index (χ1n) is 8.51. The molecular formula is C18H29N4O2+. The van der Waals surface area contributed by atoms with E-state index in [0.29, 0.717) is 6.54 Å². The van der Waals surface area contributed by atoms with Gasteiger partial charge in [-0.05, 0) is 31.0 Å². The van der Waals surface area contributed by atoms with Crippen LogP contribution in [0, 0.1) is 13.8 Å². The van der Waals surface area contributed by atoms with E-state index in [4.69, 9.17) is 0 Å². The predicted molar refractivity (Wildman–Crippen MR) is 95.4 cm³/mol. The fourth-order valence-corrected chi connectivity index (χ4v) is 3.05. The van der Waals surface area contributed by atoms with Crippen molar-refractivity contribution in [2.24, 2.45) is 0 Å². The number of anilines is 1. The summed E-state index contributed by atoms with van der Waals surface area (Å²) in [6.45, 7) is 8.66. The van der Waals surface area contributed by atoms with E-state index in [1.807, 2.05) is 0 Å². The molecule has 0 aromatic heterocycles. The summed E-state index contributed by atoms with van der Waals surface area (Å²) in [6, 6.07) is 6.42. The van der Waals surface area contributed by atoms with E-state index in [1.54, 1.807) is 14.1 Å². The molecule has 24 heavy (non-hydrogen) atoms. The average molecular weight is 333 g/mol. The Labute approximate surface area is 144 Å². The molecule has 2 N–H and O–H groups in total. The monoisotopic (exact) mass is 333 g/mol. The Bertz CT molecular complexity index is 595. The molecule has 0 spiro atoms. The molecule has 0 aliphatic carbocycles. The number of nitrogens with zero attached hydrogens (tertiary/aromatic N) is 2. The second-order valence-corrected chi connectivity index (χ2v) is 6.56. The quantitative estimate of drug-likeness (QED) is 0.743. The van der Waals surface area contributed by atoms with Crippen LogP contribution in [0.3, 0.4) is 0 Å². The minimum Gasteiger partial charge on any atom is -0.360 e. The molecule has 0 unspecified atom stereocenters. The Hall–Kier alpha value is -2.08. The highest BCUT2D eigenvalue weighted by Crippen LogP contribution is 2.22. The van der Waals surface area contributed by atoms with Gasteiger partial charge in [0, 0.05) is 19.8 Å². The van der Waals surface area contributed by atoms with Gasteiger partial charge in [-0.3, -0.25) is 9.59 Å². The average Bonchev–Trinajstić information content (AvgIpc) is 2.58. The second kappa shape index (κ2) is 8.15. The molecule has 1 fully saturated rings. The van der Waals surface area contributed by atoms with Crippen molar-refractivity contribution in [3.05, 3.63) is 29.3 Å². The predicted octanol–water partition coefficient (Wildman–Crippen LogP) is -0.787. The number of nitrogens with one attached hydrogen (secondary N) is 2. The number of quaternary nitrogens is 1. The van der Waals surface area contributed by atoms with Crippen molar-refractivity contribution in [3.8, 4) is 0 Å². The first-order chi connectivity index (χ1) is 11.4. The highest BCUT2D eigenvalue weighted by Gasteiger charge is 2.25. The number of hydrogen-bond donors (Lipinski definition) is 2. The Morgan fingerprint density at radius 1 is 1.25 bits per heavy atom. The molecule has 1 aromatic carbocycles. The summed E-state index contributed by atoms with van der Waals surface area (Å²) >= 11 is 0. The van der Waals surface area contributed by atoms with Crippen LogP contribution >= 0.6 is 0 Å². The lowest BCUT2D eigenvalue weighted by Gasteiger charge is -2.35. The molecule has 1 aliphatic heterocycles. The molecule has 1 heterocycles. The molecule has 2 amide bonds. The zero-order chi connectivity index (χ0) is 17.7. The van der Waals surface area contributed by atoms with Gasteiger partial charge in [0.05, 0.1) is 32.7 Å². The minimum absolute atomic E-state index is 0.0220. The van der Waals surface area contributed by atoms with Gasteiger partial charge in [-0.25, -0.2) is 0 Å². The summed E-state index contributed by atoms with van der Waals surface area (Å²) in [6.07, 6.45) is 0. The minimum atomic E-state index is -0.138. The Morgan fingerprint density at radius 3 is 2.54 bits per heavy atom. The highest BCUT2D eigenvalue weighted by atomic mass is 16.2. The smallest absolute Gasteiger partial charge is 0.277 e. The lowest BCUT2D eigenvalue weighted by Crippen LogP contribution is -3.15. The van der Waals surface area contributed by atoms with Crippen LogP contribution in [0.15, 0.2) is 18.2 Å². The third kappa shape index (κ3) is 4.47. The second-order valence-electron chi connectivity index (χ2n) is 6.56. The molecule has 1 aromatic rings. The summed E-state index contributed by atoms with van der Waals surface area (Å²) in [5.74, 6) is -0.116. The van der Waals surface area contributed by atoms with E-state index in [2.05, 4.69) is 42.3 Å². The largest absolute Gasteiger partial charge is 0.360 e. The van der Waals surface area contributed by atoms with E-state index in [0.717, 1.165) is 26.2 Å². The van der Waals surface area contributed by atoms with Crippen LogP contribution in [0.5, 0.6) is 0 Å². The lowest BCUT2D eigenvalue weighted by molar-refractivity contribution is -0.892. The van der Waals surface area contributed by atoms with Crippen LogP contribution in [0.1, 0.15) is 11.1 Å². The van der Waals surface area contributed by atoms with E-state index in [9.17, 15) is 9.59 Å². The van der Waals surface area contributed by atoms with Gasteiger partial charge in [-0.15, -0.1) is 0 Å². The first kappa shape index (κ1) is 18.3. The number of hydrogen-bond acceptors (Lipinski definition) is 3. The topological polar surface area (TPSA) is 57.1 Å². The third-order valence-electron chi connectivity index (χ3n) is 4.87. The molecule has 0 atom stereocenters. The zero-order valence-electron chi connectivity index (χ0n) is 15.2. The highest BCUT2D eigenvalue weighted by molar-refractivity contribution is 5.84. The molecule has 6 nitrogen and oxygen atoms in total. The number of carbonyl (C=O) groups is 2. The van der Waals surface area contributed by atoms with E-state index in [1.165, 1.54) is 26.6 Å². The van der Waals surface area contributed by atoms with E-state index in [-0.39, 0.29) is 18.4 Å². The molecule has 1 saturated heterocycles. The number of benzene rings is 1. The zero-order valence-corrected chi connectivity index (χ0v) is 15.2. The Balaban J connectivity index is 1.85. The van der Waals surface area contributed by atoms with E-state index < -0.39 is 0 Å². The van der Waals surface area contributed by atoms with Crippen LogP contribution in [-0.2, 0) is 9.59 Å². The number of likely N-dealkylation sites (N-methyl/N-ethyl adjacent to an activating group) is 2. The summed E-state index contributed by atoms with van der Waals surface area (Å²) in [5, 5.41) is 2.54. The van der Waals surface area contributed by atoms with Gasteiger partial charge in [0.15, 0.2) is 6.54 Å². The standard InChI is InChI=1S/C18H28N4O2/c1-14-6-5-7-16(15(14)2)22-10-8-21(9-11-22)13-18(24)20(4)12-17(23)19-3/h5-7H,8-13H2,1-4H3,(H,19,23)/p+1. The van der Waals surface area contributed by atoms with Crippen molar-refractivity contribution in [1.29, 1.82) is 0 Å². The Morgan fingerprint density at radius 2 is 1.92 bits per heavy atom. The van der Waals surface area contributed by atoms with Crippen LogP contribution in [0.25, 0.3) is 0 Å². The summed E-state index contributed by atoms with van der Waals surface area (Å²) < 4.78 is 0. The maximum Gasteiger partial charge on any atom is 0.277 e. The maximum atomic E-state index is 12.2. The lowest BCUT2D eigenvalue weighted by atomic mass is 10.1. The van der Waals surface area contributed by atoms with Crippen molar-refractivity contribution < 1.29 is 14.5 Å². The van der Waals surface area contributed by atoms with Crippen LogP contribution in [-0.4, -0.2) is 70.1 Å². The fraction of sp³-hybridized carbons (Fsp3) is 0.556. The molecule has 2 rings (SSSR count). The first-order valence-corrected chi connectivity index (χ1v) is 8.51. The number of piperazine rings is 1. The van der Waals surface area contributed by atoms with Gasteiger partial charge in [0.25, 0.3) is 5.91 Å². The summed E-state index contributed by atoms with van der Waals surface area (Å²) in [4.78, 5) is 28.8. The molecule has 0 bridgehead atoms. The maximum absolute atomic E-state index is 12.2. The van der Waals surface area contributed by atoms with E-state index >= 15 is 0 Å². The van der Waals surface area contributed by atoms with Crippen molar-refractivity contribution >= 4 is 17.5 Å². The molecule has 0 radical (unpaired) electrons. The van der Waals surface area contributed by atoms with Crippen molar-refractivity contribution in [2.75, 3.05) is 58.3 Å². The van der Waals surface area contributed by atoms with Crippen LogP contribution < -0.4 is 15.1 Å². The van der Waals surface area contributed by atoms with Gasteiger partial charge in [0.1, 0.15) is 0 Å². The van der Waals surface area contributed by atoms with Gasteiger partial charge >= 0.3 is 0 Å². The fourth-order valence-electron chi connectivity index (χ4n) is 3.05. The number of amides is 2. The number of rotatable bonds is 5. The van der Waals surface area contributed by atoms with Crippen LogP contribution in [0.2, 0.25) is 0 Å². The normalized spacial score (nSPS) is 15.2. The summed E-state index contributed by atoms with van der Waals surface area (Å²) in [7, 11) is 3.27. The van der Waals surface area contributed by atoms with Crippen molar-refractivity contribution in [1.82, 2.24) is 10.2 Å². The van der Waals surface area contributed by atoms with Crippen molar-refractivity contribution in [2.45, 2.75) is 13.8 Å². The van der Waals surface area contributed by atoms with Gasteiger partial charge in [-0.2, -0.15) is 0 Å². The summed E-state index contributed by atoms with van der Waals surface area (Å²) in [5.41, 5.74) is 3.95. The number of aryl methyl sites for hydroxylation is 1. The third-order valence-corrected chi connectivity index (χ3v) is 4.87. The molecule has 0 saturated carbocycles. The molecule has 132 valence electrons. The molecule has 6 heteroatoms. The van der Waals surface area contributed by atoms with Crippen LogP contribution in [0.4, 0.5) is 5.69 Å². The Kier molecular flexibility index (Phi) is 6.20. The SMILES string of the molecule is CNC(=O)CN(C)C(=O)C[NH+]1CCN(c2cccc(C)c2C)CC1. The van der Waals surface area contributed by atoms with Gasteiger partial charge in [0.2, 0.25) is 5.91 Å². The van der Waals surface area contributed by atoms with Crippen molar-refractivity contribution in [3.63, 3.8) is 0 Å². The van der Waals surface area contributed by atoms with Gasteiger partial charge in [-0.1, -0.05) is 12.1 Å².